The largest absolute Gasteiger partial charge is 0.489 e. The molecule has 0 aliphatic carbocycles. The second-order valence-electron chi connectivity index (χ2n) is 6.26. The van der Waals surface area contributed by atoms with E-state index in [2.05, 4.69) is 10.6 Å². The summed E-state index contributed by atoms with van der Waals surface area (Å²) in [6.45, 7) is 1.55. The molecule has 0 radical (unpaired) electrons. The van der Waals surface area contributed by atoms with Crippen LogP contribution < -0.4 is 15.4 Å². The third-order valence-corrected chi connectivity index (χ3v) is 4.34. The summed E-state index contributed by atoms with van der Waals surface area (Å²) in [5, 5.41) is 16.3. The predicted octanol–water partition coefficient (Wildman–Crippen LogP) is 2.17. The van der Waals surface area contributed by atoms with E-state index < -0.39 is 6.10 Å². The molecule has 2 atom stereocenters. The third kappa shape index (κ3) is 5.05. The van der Waals surface area contributed by atoms with Gasteiger partial charge in [-0.05, 0) is 42.6 Å². The molecule has 1 fully saturated rings. The van der Waals surface area contributed by atoms with Crippen LogP contribution >= 0.6 is 0 Å². The number of carbonyl (C=O) groups is 1. The van der Waals surface area contributed by atoms with E-state index in [1.165, 1.54) is 0 Å². The van der Waals surface area contributed by atoms with Crippen LogP contribution in [0, 0.1) is 0 Å². The van der Waals surface area contributed by atoms with Crippen LogP contribution in [0.4, 0.5) is 0 Å². The summed E-state index contributed by atoms with van der Waals surface area (Å²) in [4.78, 5) is 12.0. The van der Waals surface area contributed by atoms with Gasteiger partial charge in [0.15, 0.2) is 0 Å². The van der Waals surface area contributed by atoms with Crippen molar-refractivity contribution in [3.63, 3.8) is 0 Å². The van der Waals surface area contributed by atoms with E-state index in [0.717, 1.165) is 30.5 Å². The van der Waals surface area contributed by atoms with E-state index in [0.29, 0.717) is 12.4 Å². The maximum absolute atomic E-state index is 12.0. The van der Waals surface area contributed by atoms with Crippen LogP contribution in [0.3, 0.4) is 0 Å². The van der Waals surface area contributed by atoms with Crippen LogP contribution in [-0.2, 0) is 11.4 Å². The molecule has 0 spiro atoms. The average molecular weight is 340 g/mol. The molecular formula is C20H24N2O3. The molecule has 0 saturated carbocycles. The Balaban J connectivity index is 1.52. The van der Waals surface area contributed by atoms with Gasteiger partial charge in [0.05, 0.1) is 12.1 Å². The van der Waals surface area contributed by atoms with Gasteiger partial charge in [0, 0.05) is 6.54 Å². The Kier molecular flexibility index (Phi) is 6.04. The molecule has 0 bridgehead atoms. The van der Waals surface area contributed by atoms with Gasteiger partial charge in [0.1, 0.15) is 12.4 Å². The number of amides is 1. The number of aliphatic hydroxyl groups excluding tert-OH is 1. The SMILES string of the molecule is O=C(NCC(O)c1cccc(OCc2ccccc2)c1)C1CCCN1. The van der Waals surface area contributed by atoms with Crippen molar-refractivity contribution in [2.45, 2.75) is 31.6 Å². The minimum absolute atomic E-state index is 0.0481. The molecule has 1 aliphatic heterocycles. The predicted molar refractivity (Wildman–Crippen MR) is 96.2 cm³/mol. The quantitative estimate of drug-likeness (QED) is 0.722. The van der Waals surface area contributed by atoms with E-state index in [1.807, 2.05) is 54.6 Å². The Hall–Kier alpha value is -2.37. The van der Waals surface area contributed by atoms with Crippen molar-refractivity contribution >= 4 is 5.91 Å². The topological polar surface area (TPSA) is 70.6 Å². The highest BCUT2D eigenvalue weighted by molar-refractivity contribution is 5.82. The lowest BCUT2D eigenvalue weighted by Gasteiger charge is -2.16. The second-order valence-corrected chi connectivity index (χ2v) is 6.26. The number of nitrogens with one attached hydrogen (secondary N) is 2. The van der Waals surface area contributed by atoms with Gasteiger partial charge in [-0.15, -0.1) is 0 Å². The van der Waals surface area contributed by atoms with E-state index in [9.17, 15) is 9.90 Å². The van der Waals surface area contributed by atoms with Crippen molar-refractivity contribution in [3.05, 3.63) is 65.7 Å². The minimum atomic E-state index is -0.759. The molecule has 25 heavy (non-hydrogen) atoms. The zero-order valence-corrected chi connectivity index (χ0v) is 14.2. The zero-order chi connectivity index (χ0) is 17.5. The molecule has 3 rings (SSSR count). The van der Waals surface area contributed by atoms with Gasteiger partial charge < -0.3 is 20.5 Å². The number of rotatable bonds is 7. The molecular weight excluding hydrogens is 316 g/mol. The van der Waals surface area contributed by atoms with Gasteiger partial charge in [0.25, 0.3) is 0 Å². The molecule has 2 aromatic carbocycles. The Bertz CT molecular complexity index is 684. The third-order valence-electron chi connectivity index (χ3n) is 4.34. The lowest BCUT2D eigenvalue weighted by atomic mass is 10.1. The van der Waals surface area contributed by atoms with E-state index in [4.69, 9.17) is 4.74 Å². The van der Waals surface area contributed by atoms with Gasteiger partial charge in [-0.2, -0.15) is 0 Å². The number of carbonyl (C=O) groups excluding carboxylic acids is 1. The average Bonchev–Trinajstić information content (AvgIpc) is 3.20. The summed E-state index contributed by atoms with van der Waals surface area (Å²) in [6, 6.07) is 17.1. The summed E-state index contributed by atoms with van der Waals surface area (Å²) < 4.78 is 5.78. The molecule has 0 aromatic heterocycles. The van der Waals surface area contributed by atoms with Gasteiger partial charge in [-0.3, -0.25) is 4.79 Å². The Morgan fingerprint density at radius 2 is 2.08 bits per heavy atom. The number of aliphatic hydroxyl groups is 1. The van der Waals surface area contributed by atoms with Gasteiger partial charge in [0.2, 0.25) is 5.91 Å². The first kappa shape index (κ1) is 17.5. The van der Waals surface area contributed by atoms with Gasteiger partial charge in [-0.25, -0.2) is 0 Å². The molecule has 5 nitrogen and oxygen atoms in total. The molecule has 1 amide bonds. The minimum Gasteiger partial charge on any atom is -0.489 e. The van der Waals surface area contributed by atoms with Crippen molar-refractivity contribution in [2.24, 2.45) is 0 Å². The summed E-state index contributed by atoms with van der Waals surface area (Å²) in [6.07, 6.45) is 1.11. The molecule has 2 unspecified atom stereocenters. The van der Waals surface area contributed by atoms with Gasteiger partial charge in [-0.1, -0.05) is 42.5 Å². The van der Waals surface area contributed by atoms with Crippen LogP contribution in [0.15, 0.2) is 54.6 Å². The first-order chi connectivity index (χ1) is 12.2. The van der Waals surface area contributed by atoms with Crippen molar-refractivity contribution in [1.29, 1.82) is 0 Å². The number of ether oxygens (including phenoxy) is 1. The summed E-state index contributed by atoms with van der Waals surface area (Å²) in [5.41, 5.74) is 1.81. The van der Waals surface area contributed by atoms with Crippen LogP contribution in [-0.4, -0.2) is 30.1 Å². The van der Waals surface area contributed by atoms with Crippen molar-refractivity contribution in [1.82, 2.24) is 10.6 Å². The van der Waals surface area contributed by atoms with E-state index >= 15 is 0 Å². The lowest BCUT2D eigenvalue weighted by Crippen LogP contribution is -2.41. The molecule has 1 heterocycles. The number of hydrogen-bond donors (Lipinski definition) is 3. The first-order valence-electron chi connectivity index (χ1n) is 8.68. The number of benzene rings is 2. The highest BCUT2D eigenvalue weighted by Crippen LogP contribution is 2.20. The second kappa shape index (κ2) is 8.65. The summed E-state index contributed by atoms with van der Waals surface area (Å²) >= 11 is 0. The van der Waals surface area contributed by atoms with Crippen molar-refractivity contribution in [2.75, 3.05) is 13.1 Å². The van der Waals surface area contributed by atoms with E-state index in [-0.39, 0.29) is 18.5 Å². The normalized spacial score (nSPS) is 17.9. The van der Waals surface area contributed by atoms with E-state index in [1.54, 1.807) is 0 Å². The highest BCUT2D eigenvalue weighted by Gasteiger charge is 2.22. The molecule has 132 valence electrons. The summed E-state index contributed by atoms with van der Waals surface area (Å²) in [7, 11) is 0. The van der Waals surface area contributed by atoms with Crippen molar-refractivity contribution < 1.29 is 14.6 Å². The fraction of sp³-hybridized carbons (Fsp3) is 0.350. The van der Waals surface area contributed by atoms with Crippen LogP contribution in [0.2, 0.25) is 0 Å². The molecule has 1 aliphatic rings. The smallest absolute Gasteiger partial charge is 0.237 e. The number of hydrogen-bond acceptors (Lipinski definition) is 4. The molecule has 3 N–H and O–H groups in total. The summed E-state index contributed by atoms with van der Waals surface area (Å²) in [5.74, 6) is 0.650. The fourth-order valence-electron chi connectivity index (χ4n) is 2.90. The lowest BCUT2D eigenvalue weighted by molar-refractivity contribution is -0.123. The maximum atomic E-state index is 12.0. The Morgan fingerprint density at radius 3 is 2.84 bits per heavy atom. The highest BCUT2D eigenvalue weighted by atomic mass is 16.5. The Morgan fingerprint density at radius 1 is 1.24 bits per heavy atom. The van der Waals surface area contributed by atoms with Crippen LogP contribution in [0.25, 0.3) is 0 Å². The zero-order valence-electron chi connectivity index (χ0n) is 14.2. The van der Waals surface area contributed by atoms with Crippen LogP contribution in [0.1, 0.15) is 30.1 Å². The fourth-order valence-corrected chi connectivity index (χ4v) is 2.90. The van der Waals surface area contributed by atoms with Crippen LogP contribution in [0.5, 0.6) is 5.75 Å². The molecule has 5 heteroatoms. The standard InChI is InChI=1S/C20H24N2O3/c23-19(13-22-20(24)18-10-5-11-21-18)16-8-4-9-17(12-16)25-14-15-6-2-1-3-7-15/h1-4,6-9,12,18-19,21,23H,5,10-11,13-14H2,(H,22,24). The molecule has 1 saturated heterocycles. The monoisotopic (exact) mass is 340 g/mol. The molecule has 2 aromatic rings. The first-order valence-corrected chi connectivity index (χ1v) is 8.68. The maximum Gasteiger partial charge on any atom is 0.237 e. The Labute approximate surface area is 148 Å². The van der Waals surface area contributed by atoms with Gasteiger partial charge >= 0.3 is 0 Å². The van der Waals surface area contributed by atoms with Crippen molar-refractivity contribution in [3.8, 4) is 5.75 Å².